The zero-order chi connectivity index (χ0) is 7.56. The molecule has 1 unspecified atom stereocenters. The highest BCUT2D eigenvalue weighted by Gasteiger charge is 2.31. The van der Waals surface area contributed by atoms with Crippen molar-refractivity contribution in [3.63, 3.8) is 0 Å². The summed E-state index contributed by atoms with van der Waals surface area (Å²) in [5.74, 6) is 0.312. The first kappa shape index (κ1) is 7.07. The van der Waals surface area contributed by atoms with E-state index in [1.165, 1.54) is 6.92 Å². The van der Waals surface area contributed by atoms with Gasteiger partial charge in [-0.1, -0.05) is 0 Å². The summed E-state index contributed by atoms with van der Waals surface area (Å²) in [4.78, 5) is 10.5. The lowest BCUT2D eigenvalue weighted by Gasteiger charge is -2.06. The van der Waals surface area contributed by atoms with Gasteiger partial charge in [0.15, 0.2) is 0 Å². The molecule has 10 heavy (non-hydrogen) atoms. The highest BCUT2D eigenvalue weighted by atomic mass is 16.1. The van der Waals surface area contributed by atoms with Gasteiger partial charge in [0.25, 0.3) is 0 Å². The fourth-order valence-electron chi connectivity index (χ4n) is 0.904. The highest BCUT2D eigenvalue weighted by Crippen LogP contribution is 2.32. The fraction of sp³-hybridized carbons (Fsp3) is 0.714. The van der Waals surface area contributed by atoms with Crippen molar-refractivity contribution >= 4 is 5.91 Å². The van der Waals surface area contributed by atoms with Crippen molar-refractivity contribution in [2.24, 2.45) is 5.92 Å². The molecule has 54 valence electrons. The van der Waals surface area contributed by atoms with Crippen LogP contribution in [0.25, 0.3) is 0 Å². The first-order valence-electron chi connectivity index (χ1n) is 3.40. The normalized spacial score (nSPS) is 19.2. The monoisotopic (exact) mass is 138 g/mol. The lowest BCUT2D eigenvalue weighted by molar-refractivity contribution is -0.119. The number of rotatable bonds is 2. The van der Waals surface area contributed by atoms with Gasteiger partial charge in [-0.05, 0) is 18.8 Å². The van der Waals surface area contributed by atoms with Crippen LogP contribution in [0, 0.1) is 17.2 Å². The van der Waals surface area contributed by atoms with Gasteiger partial charge in [-0.25, -0.2) is 0 Å². The molecule has 1 amide bonds. The number of hydrogen-bond donors (Lipinski definition) is 1. The van der Waals surface area contributed by atoms with Crippen LogP contribution in [-0.2, 0) is 4.79 Å². The summed E-state index contributed by atoms with van der Waals surface area (Å²) in [5.41, 5.74) is 0. The molecule has 1 atom stereocenters. The maximum absolute atomic E-state index is 10.5. The Bertz CT molecular complexity index is 179. The Hall–Kier alpha value is -1.04. The average molecular weight is 138 g/mol. The molecule has 1 N–H and O–H groups in total. The summed E-state index contributed by atoms with van der Waals surface area (Å²) >= 11 is 0. The number of hydrogen-bond acceptors (Lipinski definition) is 2. The molecule has 3 nitrogen and oxygen atoms in total. The quantitative estimate of drug-likeness (QED) is 0.601. The second-order valence-electron chi connectivity index (χ2n) is 2.64. The molecule has 1 aliphatic rings. The highest BCUT2D eigenvalue weighted by molar-refractivity contribution is 5.73. The molecule has 1 saturated carbocycles. The van der Waals surface area contributed by atoms with Crippen molar-refractivity contribution in [3.05, 3.63) is 0 Å². The van der Waals surface area contributed by atoms with E-state index >= 15 is 0 Å². The fourth-order valence-corrected chi connectivity index (χ4v) is 0.904. The van der Waals surface area contributed by atoms with Gasteiger partial charge < -0.3 is 5.32 Å². The molecule has 0 aromatic carbocycles. The van der Waals surface area contributed by atoms with Gasteiger partial charge in [0.2, 0.25) is 5.91 Å². The van der Waals surface area contributed by atoms with E-state index in [0.29, 0.717) is 5.92 Å². The molecule has 0 heterocycles. The Morgan fingerprint density at radius 3 is 2.70 bits per heavy atom. The van der Waals surface area contributed by atoms with E-state index in [1.807, 2.05) is 0 Å². The lowest BCUT2D eigenvalue weighted by atomic mass is 10.2. The number of nitrogens with zero attached hydrogens (tertiary/aromatic N) is 1. The zero-order valence-corrected chi connectivity index (χ0v) is 5.92. The SMILES string of the molecule is CC(=O)NC(C#N)C1CC1. The van der Waals surface area contributed by atoms with Crippen molar-refractivity contribution in [2.75, 3.05) is 0 Å². The summed E-state index contributed by atoms with van der Waals surface area (Å²) < 4.78 is 0. The second-order valence-corrected chi connectivity index (χ2v) is 2.64. The average Bonchev–Trinajstić information content (AvgIpc) is 2.63. The molecule has 3 heteroatoms. The lowest BCUT2D eigenvalue weighted by Crippen LogP contribution is -2.33. The van der Waals surface area contributed by atoms with Crippen molar-refractivity contribution in [1.29, 1.82) is 5.26 Å². The molecule has 0 radical (unpaired) electrons. The summed E-state index contributed by atoms with van der Waals surface area (Å²) in [7, 11) is 0. The molecule has 1 aliphatic carbocycles. The van der Waals surface area contributed by atoms with E-state index in [1.54, 1.807) is 0 Å². The van der Waals surface area contributed by atoms with E-state index in [4.69, 9.17) is 5.26 Å². The van der Waals surface area contributed by atoms with E-state index in [2.05, 4.69) is 11.4 Å². The predicted octanol–water partition coefficient (Wildman–Crippen LogP) is 0.425. The summed E-state index contributed by atoms with van der Waals surface area (Å²) in [6.07, 6.45) is 2.16. The number of nitrogens with one attached hydrogen (secondary N) is 1. The molecule has 0 aromatic rings. The van der Waals surface area contributed by atoms with Crippen molar-refractivity contribution < 1.29 is 4.79 Å². The molecule has 0 bridgehead atoms. The van der Waals surface area contributed by atoms with Gasteiger partial charge in [0.05, 0.1) is 6.07 Å². The van der Waals surface area contributed by atoms with Crippen LogP contribution in [0.4, 0.5) is 0 Å². The van der Waals surface area contributed by atoms with Crippen molar-refractivity contribution in [2.45, 2.75) is 25.8 Å². The van der Waals surface area contributed by atoms with E-state index in [-0.39, 0.29) is 11.9 Å². The van der Waals surface area contributed by atoms with Gasteiger partial charge in [-0.2, -0.15) is 5.26 Å². The van der Waals surface area contributed by atoms with Crippen LogP contribution in [0.2, 0.25) is 0 Å². The van der Waals surface area contributed by atoms with Crippen LogP contribution in [0.15, 0.2) is 0 Å². The van der Waals surface area contributed by atoms with Gasteiger partial charge in [-0.3, -0.25) is 4.79 Å². The van der Waals surface area contributed by atoms with Crippen LogP contribution in [-0.4, -0.2) is 11.9 Å². The predicted molar refractivity (Wildman–Crippen MR) is 35.9 cm³/mol. The molecule has 1 fully saturated rings. The molecule has 1 rings (SSSR count). The van der Waals surface area contributed by atoms with Crippen LogP contribution >= 0.6 is 0 Å². The Balaban J connectivity index is 2.34. The Morgan fingerprint density at radius 1 is 1.80 bits per heavy atom. The van der Waals surface area contributed by atoms with Crippen LogP contribution in [0.3, 0.4) is 0 Å². The minimum atomic E-state index is -0.238. The van der Waals surface area contributed by atoms with Gasteiger partial charge in [0.1, 0.15) is 6.04 Å². The van der Waals surface area contributed by atoms with Crippen LogP contribution < -0.4 is 5.32 Å². The molecule has 0 spiro atoms. The Kier molecular flexibility index (Phi) is 1.91. The first-order valence-corrected chi connectivity index (χ1v) is 3.40. The molecule has 0 aromatic heterocycles. The van der Waals surface area contributed by atoms with E-state index in [0.717, 1.165) is 12.8 Å². The topological polar surface area (TPSA) is 52.9 Å². The maximum atomic E-state index is 10.5. The van der Waals surface area contributed by atoms with E-state index in [9.17, 15) is 4.79 Å². The van der Waals surface area contributed by atoms with Gasteiger partial charge in [-0.15, -0.1) is 0 Å². The van der Waals surface area contributed by atoms with Gasteiger partial charge in [0, 0.05) is 6.92 Å². The number of carbonyl (C=O) groups is 1. The van der Waals surface area contributed by atoms with Crippen molar-refractivity contribution in [3.8, 4) is 6.07 Å². The minimum absolute atomic E-state index is 0.113. The second kappa shape index (κ2) is 2.70. The summed E-state index contributed by atoms with van der Waals surface area (Å²) in [5, 5.41) is 11.1. The third-order valence-electron chi connectivity index (χ3n) is 1.59. The summed E-state index contributed by atoms with van der Waals surface area (Å²) in [6, 6.07) is 1.82. The third-order valence-corrected chi connectivity index (χ3v) is 1.59. The zero-order valence-electron chi connectivity index (χ0n) is 5.92. The molecule has 0 aliphatic heterocycles. The molecular formula is C7H10N2O. The largest absolute Gasteiger partial charge is 0.340 e. The van der Waals surface area contributed by atoms with Crippen molar-refractivity contribution in [1.82, 2.24) is 5.32 Å². The minimum Gasteiger partial charge on any atom is -0.340 e. The van der Waals surface area contributed by atoms with E-state index < -0.39 is 0 Å². The summed E-state index contributed by atoms with van der Waals surface area (Å²) in [6.45, 7) is 1.44. The standard InChI is InChI=1S/C7H10N2O/c1-5(10)9-7(4-8)6-2-3-6/h6-7H,2-3H2,1H3,(H,9,10). The Labute approximate surface area is 60.0 Å². The van der Waals surface area contributed by atoms with Crippen LogP contribution in [0.1, 0.15) is 19.8 Å². The number of nitriles is 1. The smallest absolute Gasteiger partial charge is 0.217 e. The first-order chi connectivity index (χ1) is 4.74. The van der Waals surface area contributed by atoms with Crippen LogP contribution in [0.5, 0.6) is 0 Å². The third kappa shape index (κ3) is 1.73. The van der Waals surface area contributed by atoms with Gasteiger partial charge >= 0.3 is 0 Å². The number of amides is 1. The maximum Gasteiger partial charge on any atom is 0.217 e. The number of carbonyl (C=O) groups excluding carboxylic acids is 1. The molecular weight excluding hydrogens is 128 g/mol. The molecule has 0 saturated heterocycles. The Morgan fingerprint density at radius 2 is 2.40 bits per heavy atom.